The lowest BCUT2D eigenvalue weighted by molar-refractivity contribution is 0.661. The lowest BCUT2D eigenvalue weighted by atomic mass is 9.82. The van der Waals surface area contributed by atoms with Gasteiger partial charge in [0.05, 0.1) is 22.4 Å². The molecule has 0 N–H and O–H groups in total. The topological polar surface area (TPSA) is 11.4 Å². The number of fused-ring (bicyclic) bond motifs is 9. The first kappa shape index (κ1) is 36.0. The molecular formula is C59H43N3. The van der Waals surface area contributed by atoms with E-state index in [1.807, 2.05) is 0 Å². The van der Waals surface area contributed by atoms with Crippen molar-refractivity contribution in [2.75, 3.05) is 9.80 Å². The van der Waals surface area contributed by atoms with Crippen molar-refractivity contribution in [3.8, 4) is 16.8 Å². The predicted octanol–water partition coefficient (Wildman–Crippen LogP) is 16.3. The van der Waals surface area contributed by atoms with Crippen LogP contribution in [0.4, 0.5) is 34.1 Å². The Morgan fingerprint density at radius 3 is 1.58 bits per heavy atom. The highest BCUT2D eigenvalue weighted by Gasteiger charge is 2.37. The Hall–Kier alpha value is -7.88. The van der Waals surface area contributed by atoms with Crippen molar-refractivity contribution in [3.63, 3.8) is 0 Å². The molecule has 1 aromatic heterocycles. The molecule has 11 aromatic rings. The number of hydrogen-bond acceptors (Lipinski definition) is 2. The minimum absolute atomic E-state index is 0.145. The second-order valence-corrected chi connectivity index (χ2v) is 17.0. The molecular weight excluding hydrogens is 751 g/mol. The van der Waals surface area contributed by atoms with E-state index in [1.165, 1.54) is 60.1 Å². The number of aromatic nitrogens is 1. The molecule has 0 amide bonds. The molecule has 0 aliphatic heterocycles. The van der Waals surface area contributed by atoms with Crippen LogP contribution in [-0.4, -0.2) is 4.57 Å². The Bertz CT molecular complexity index is 3440. The van der Waals surface area contributed by atoms with E-state index in [0.717, 1.165) is 45.3 Å². The van der Waals surface area contributed by atoms with Gasteiger partial charge in [-0.25, -0.2) is 0 Å². The van der Waals surface area contributed by atoms with Crippen LogP contribution < -0.4 is 9.80 Å². The Balaban J connectivity index is 1.23. The molecule has 1 aliphatic carbocycles. The summed E-state index contributed by atoms with van der Waals surface area (Å²) in [6, 6.07) is 82.3. The fourth-order valence-electron chi connectivity index (χ4n) is 10.2. The molecule has 0 fully saturated rings. The Morgan fingerprint density at radius 1 is 0.371 bits per heavy atom. The van der Waals surface area contributed by atoms with Gasteiger partial charge in [-0.15, -0.1) is 0 Å². The summed E-state index contributed by atoms with van der Waals surface area (Å²) in [6.45, 7) is 4.75. The van der Waals surface area contributed by atoms with Gasteiger partial charge in [-0.1, -0.05) is 153 Å². The van der Waals surface area contributed by atoms with Crippen LogP contribution in [0.2, 0.25) is 0 Å². The van der Waals surface area contributed by atoms with Crippen molar-refractivity contribution in [3.05, 3.63) is 236 Å². The van der Waals surface area contributed by atoms with Gasteiger partial charge in [0.25, 0.3) is 0 Å². The van der Waals surface area contributed by atoms with Crippen molar-refractivity contribution in [2.24, 2.45) is 0 Å². The first-order valence-corrected chi connectivity index (χ1v) is 21.5. The molecule has 0 bridgehead atoms. The van der Waals surface area contributed by atoms with E-state index in [1.54, 1.807) is 0 Å². The molecule has 1 aliphatic rings. The van der Waals surface area contributed by atoms with Gasteiger partial charge in [-0.2, -0.15) is 0 Å². The standard InChI is InChI=1S/C59H43N3/c1-59(2)52-34-32-47(37-50(52)57-49-30-18-17-19-40(49)31-33-53(57)59)61(45-26-11-5-12-27-45)55-38-48(60(43-22-7-3-8-23-43)44-24-9-4-10-25-44)39-56-58(55)51-35-41-20-15-16-21-42(41)36-54(51)62(56)46-28-13-6-14-29-46/h3-39H,1-2H3. The maximum atomic E-state index is 2.50. The van der Waals surface area contributed by atoms with Crippen molar-refractivity contribution in [1.29, 1.82) is 0 Å². The van der Waals surface area contributed by atoms with Crippen LogP contribution in [0, 0.1) is 0 Å². The van der Waals surface area contributed by atoms with Crippen LogP contribution in [0.3, 0.4) is 0 Å². The van der Waals surface area contributed by atoms with Crippen LogP contribution >= 0.6 is 0 Å². The first-order valence-electron chi connectivity index (χ1n) is 21.5. The summed E-state index contributed by atoms with van der Waals surface area (Å²) in [4.78, 5) is 4.89. The van der Waals surface area contributed by atoms with E-state index in [2.05, 4.69) is 253 Å². The lowest BCUT2D eigenvalue weighted by Gasteiger charge is -2.31. The van der Waals surface area contributed by atoms with E-state index in [-0.39, 0.29) is 5.41 Å². The van der Waals surface area contributed by atoms with Crippen LogP contribution in [-0.2, 0) is 5.41 Å². The highest BCUT2D eigenvalue weighted by atomic mass is 15.2. The van der Waals surface area contributed by atoms with E-state index < -0.39 is 0 Å². The zero-order valence-corrected chi connectivity index (χ0v) is 34.7. The summed E-state index contributed by atoms with van der Waals surface area (Å²) in [5.41, 5.74) is 15.2. The molecule has 0 radical (unpaired) electrons. The fraction of sp³-hybridized carbons (Fsp3) is 0.0508. The van der Waals surface area contributed by atoms with Gasteiger partial charge in [-0.3, -0.25) is 0 Å². The molecule has 0 saturated carbocycles. The predicted molar refractivity (Wildman–Crippen MR) is 263 cm³/mol. The summed E-state index contributed by atoms with van der Waals surface area (Å²) in [6.07, 6.45) is 0. The smallest absolute Gasteiger partial charge is 0.0583 e. The number of benzene rings is 10. The second-order valence-electron chi connectivity index (χ2n) is 17.0. The van der Waals surface area contributed by atoms with Crippen LogP contribution in [0.25, 0.3) is 60.2 Å². The summed E-state index contributed by atoms with van der Waals surface area (Å²) >= 11 is 0. The van der Waals surface area contributed by atoms with Crippen molar-refractivity contribution in [2.45, 2.75) is 19.3 Å². The lowest BCUT2D eigenvalue weighted by Crippen LogP contribution is -2.16. The first-order chi connectivity index (χ1) is 30.5. The Labute approximate surface area is 362 Å². The van der Waals surface area contributed by atoms with E-state index in [9.17, 15) is 0 Å². The molecule has 0 unspecified atom stereocenters. The number of hydrogen-bond donors (Lipinski definition) is 0. The quantitative estimate of drug-likeness (QED) is 0.159. The molecule has 1 heterocycles. The fourth-order valence-corrected chi connectivity index (χ4v) is 10.2. The summed E-state index contributed by atoms with van der Waals surface area (Å²) in [5, 5.41) is 7.38. The third kappa shape index (κ3) is 5.59. The number of anilines is 6. The molecule has 3 nitrogen and oxygen atoms in total. The number of nitrogens with zero attached hydrogens (tertiary/aromatic N) is 3. The third-order valence-corrected chi connectivity index (χ3v) is 13.1. The van der Waals surface area contributed by atoms with Crippen molar-refractivity contribution in [1.82, 2.24) is 4.57 Å². The molecule has 10 aromatic carbocycles. The summed E-state index contributed by atoms with van der Waals surface area (Å²) in [7, 11) is 0. The molecule has 294 valence electrons. The van der Waals surface area contributed by atoms with Gasteiger partial charge in [0.1, 0.15) is 0 Å². The number of para-hydroxylation sites is 4. The molecule has 62 heavy (non-hydrogen) atoms. The largest absolute Gasteiger partial charge is 0.310 e. The average Bonchev–Trinajstić information content (AvgIpc) is 3.76. The van der Waals surface area contributed by atoms with Gasteiger partial charge >= 0.3 is 0 Å². The zero-order chi connectivity index (χ0) is 41.4. The van der Waals surface area contributed by atoms with Gasteiger partial charge in [0, 0.05) is 44.6 Å². The van der Waals surface area contributed by atoms with E-state index in [4.69, 9.17) is 0 Å². The molecule has 0 atom stereocenters. The minimum Gasteiger partial charge on any atom is -0.310 e. The van der Waals surface area contributed by atoms with Gasteiger partial charge < -0.3 is 14.4 Å². The average molecular weight is 794 g/mol. The van der Waals surface area contributed by atoms with Crippen LogP contribution in [0.15, 0.2) is 224 Å². The van der Waals surface area contributed by atoms with Crippen LogP contribution in [0.1, 0.15) is 25.0 Å². The summed E-state index contributed by atoms with van der Waals surface area (Å²) in [5.74, 6) is 0. The second kappa shape index (κ2) is 14.1. The Morgan fingerprint density at radius 2 is 0.919 bits per heavy atom. The third-order valence-electron chi connectivity index (χ3n) is 13.1. The minimum atomic E-state index is -0.145. The maximum Gasteiger partial charge on any atom is 0.0583 e. The Kier molecular flexibility index (Phi) is 8.20. The van der Waals surface area contributed by atoms with Gasteiger partial charge in [0.2, 0.25) is 0 Å². The molecule has 12 rings (SSSR count). The normalized spacial score (nSPS) is 12.8. The van der Waals surface area contributed by atoms with Crippen molar-refractivity contribution < 1.29 is 0 Å². The molecule has 0 spiro atoms. The van der Waals surface area contributed by atoms with E-state index >= 15 is 0 Å². The van der Waals surface area contributed by atoms with Gasteiger partial charge in [-0.05, 0) is 129 Å². The highest BCUT2D eigenvalue weighted by molar-refractivity contribution is 6.20. The monoisotopic (exact) mass is 793 g/mol. The molecule has 0 saturated heterocycles. The number of rotatable bonds is 7. The summed E-state index contributed by atoms with van der Waals surface area (Å²) < 4.78 is 2.47. The van der Waals surface area contributed by atoms with Crippen molar-refractivity contribution >= 4 is 77.5 Å². The van der Waals surface area contributed by atoms with Gasteiger partial charge in [0.15, 0.2) is 0 Å². The maximum absolute atomic E-state index is 2.50. The molecule has 3 heteroatoms. The van der Waals surface area contributed by atoms with Crippen LogP contribution in [0.5, 0.6) is 0 Å². The van der Waals surface area contributed by atoms with E-state index in [0.29, 0.717) is 0 Å². The highest BCUT2D eigenvalue weighted by Crippen LogP contribution is 2.54. The SMILES string of the molecule is CC1(C)c2ccc(N(c3ccccc3)c3cc(N(c4ccccc4)c4ccccc4)cc4c3c3cc5ccccc5cc3n4-c3ccccc3)cc2-c2c1ccc1ccccc21. The zero-order valence-electron chi connectivity index (χ0n) is 34.7.